The fraction of sp³-hybridized carbons (Fsp3) is 0.680. The number of amides is 2. The van der Waals surface area contributed by atoms with E-state index >= 15 is 0 Å². The molecule has 2 amide bonds. The highest BCUT2D eigenvalue weighted by Crippen LogP contribution is 2.60. The fourth-order valence-electron chi connectivity index (χ4n) is 6.88. The molecule has 9 heteroatoms. The van der Waals surface area contributed by atoms with Crippen molar-refractivity contribution < 1.29 is 22.7 Å². The first kappa shape index (κ1) is 23.8. The summed E-state index contributed by atoms with van der Waals surface area (Å²) < 4.78 is 31.3. The molecule has 1 heterocycles. The van der Waals surface area contributed by atoms with E-state index in [-0.39, 0.29) is 29.5 Å². The van der Waals surface area contributed by atoms with Crippen molar-refractivity contribution in [1.82, 2.24) is 14.9 Å². The molecular formula is C25H35N3O5S. The van der Waals surface area contributed by atoms with Crippen LogP contribution in [0.15, 0.2) is 24.3 Å². The molecule has 8 nitrogen and oxygen atoms in total. The van der Waals surface area contributed by atoms with Gasteiger partial charge >= 0.3 is 0 Å². The van der Waals surface area contributed by atoms with Gasteiger partial charge < -0.3 is 15.4 Å². The molecule has 0 aromatic heterocycles. The Labute approximate surface area is 201 Å². The third-order valence-corrected chi connectivity index (χ3v) is 10.1. The molecule has 1 aliphatic heterocycles. The van der Waals surface area contributed by atoms with Crippen molar-refractivity contribution in [2.75, 3.05) is 38.6 Å². The highest BCUT2D eigenvalue weighted by atomic mass is 32.2. The highest BCUT2D eigenvalue weighted by molar-refractivity contribution is 7.89. The second-order valence-electron chi connectivity index (χ2n) is 10.7. The molecule has 2 N–H and O–H groups in total. The van der Waals surface area contributed by atoms with Crippen LogP contribution >= 0.6 is 0 Å². The van der Waals surface area contributed by atoms with Gasteiger partial charge in [-0.15, -0.1) is 0 Å². The number of ether oxygens (including phenoxy) is 1. The molecule has 1 saturated heterocycles. The zero-order chi connectivity index (χ0) is 23.8. The number of hydrogen-bond donors (Lipinski definition) is 2. The van der Waals surface area contributed by atoms with Crippen LogP contribution in [0.4, 0.5) is 0 Å². The predicted molar refractivity (Wildman–Crippen MR) is 127 cm³/mol. The summed E-state index contributed by atoms with van der Waals surface area (Å²) in [4.78, 5) is 25.6. The Hall–Kier alpha value is -1.97. The first-order chi connectivity index (χ1) is 16.3. The van der Waals surface area contributed by atoms with E-state index < -0.39 is 10.0 Å². The molecule has 5 aliphatic rings. The van der Waals surface area contributed by atoms with Crippen molar-refractivity contribution in [2.24, 2.45) is 23.2 Å². The summed E-state index contributed by atoms with van der Waals surface area (Å²) in [6.45, 7) is 2.04. The van der Waals surface area contributed by atoms with Gasteiger partial charge in [0.05, 0.1) is 19.0 Å². The summed E-state index contributed by atoms with van der Waals surface area (Å²) >= 11 is 0. The summed E-state index contributed by atoms with van der Waals surface area (Å²) in [5, 5.41) is 5.86. The van der Waals surface area contributed by atoms with Crippen molar-refractivity contribution in [2.45, 2.75) is 45.1 Å². The Morgan fingerprint density at radius 1 is 0.941 bits per heavy atom. The molecule has 1 aromatic rings. The summed E-state index contributed by atoms with van der Waals surface area (Å²) in [5.41, 5.74) is 1.26. The lowest BCUT2D eigenvalue weighted by molar-refractivity contribution is -0.146. The van der Waals surface area contributed by atoms with Crippen LogP contribution in [0, 0.1) is 23.2 Å². The van der Waals surface area contributed by atoms with Gasteiger partial charge in [-0.2, -0.15) is 4.31 Å². The van der Waals surface area contributed by atoms with Gasteiger partial charge in [-0.05, 0) is 74.0 Å². The van der Waals surface area contributed by atoms with Crippen LogP contribution in [0.1, 0.15) is 54.4 Å². The first-order valence-electron chi connectivity index (χ1n) is 12.5. The van der Waals surface area contributed by atoms with Crippen LogP contribution in [-0.4, -0.2) is 63.1 Å². The second-order valence-corrected chi connectivity index (χ2v) is 12.7. The zero-order valence-corrected chi connectivity index (χ0v) is 20.4. The van der Waals surface area contributed by atoms with Crippen molar-refractivity contribution in [3.63, 3.8) is 0 Å². The number of nitrogens with one attached hydrogen (secondary N) is 2. The van der Waals surface area contributed by atoms with Crippen molar-refractivity contribution >= 4 is 21.8 Å². The minimum atomic E-state index is -3.40. The van der Waals surface area contributed by atoms with Gasteiger partial charge in [0.2, 0.25) is 15.9 Å². The van der Waals surface area contributed by atoms with E-state index in [1.807, 2.05) is 12.1 Å². The van der Waals surface area contributed by atoms with Crippen molar-refractivity contribution in [3.8, 4) is 0 Å². The molecule has 0 atom stereocenters. The molecule has 34 heavy (non-hydrogen) atoms. The number of benzene rings is 1. The number of nitrogens with zero attached hydrogens (tertiary/aromatic N) is 1. The van der Waals surface area contributed by atoms with E-state index in [1.165, 1.54) is 23.6 Å². The van der Waals surface area contributed by atoms with E-state index in [2.05, 4.69) is 10.6 Å². The lowest BCUT2D eigenvalue weighted by atomic mass is 9.49. The molecule has 186 valence electrons. The van der Waals surface area contributed by atoms with E-state index in [0.29, 0.717) is 38.4 Å². The second kappa shape index (κ2) is 9.59. The first-order valence-corrected chi connectivity index (χ1v) is 14.1. The fourth-order valence-corrected chi connectivity index (χ4v) is 8.21. The lowest BCUT2D eigenvalue weighted by Gasteiger charge is -2.55. The lowest BCUT2D eigenvalue weighted by Crippen LogP contribution is -2.53. The van der Waals surface area contributed by atoms with E-state index in [1.54, 1.807) is 12.1 Å². The Morgan fingerprint density at radius 2 is 1.53 bits per heavy atom. The number of sulfonamides is 1. The largest absolute Gasteiger partial charge is 0.379 e. The van der Waals surface area contributed by atoms with Gasteiger partial charge in [-0.25, -0.2) is 8.42 Å². The molecule has 0 radical (unpaired) electrons. The number of carbonyl (C=O) groups excluding carboxylic acids is 2. The minimum Gasteiger partial charge on any atom is -0.379 e. The van der Waals surface area contributed by atoms with Gasteiger partial charge in [0.1, 0.15) is 0 Å². The van der Waals surface area contributed by atoms with Crippen LogP contribution in [-0.2, 0) is 26.1 Å². The number of morpholine rings is 1. The average molecular weight is 490 g/mol. The summed E-state index contributed by atoms with van der Waals surface area (Å²) in [5.74, 6) is 1.97. The van der Waals surface area contributed by atoms with E-state index in [4.69, 9.17) is 4.74 Å². The Bertz CT molecular complexity index is 982. The minimum absolute atomic E-state index is 0.0569. The molecule has 4 bridgehead atoms. The monoisotopic (exact) mass is 489 g/mol. The number of rotatable bonds is 8. The normalized spacial score (nSPS) is 30.8. The maximum Gasteiger partial charge on any atom is 0.251 e. The van der Waals surface area contributed by atoms with Gasteiger partial charge in [-0.3, -0.25) is 9.59 Å². The highest BCUT2D eigenvalue weighted by Gasteiger charge is 2.54. The standard InChI is InChI=1S/C25H35N3O5S/c29-23(26-5-10-34(31,32)28-6-8-33-9-7-28)22-3-1-18(2-4-22)17-27-24(30)25-14-19-11-20(15-25)13-21(12-19)16-25/h1-4,19-21H,5-17H2,(H,26,29)(H,27,30). The maximum atomic E-state index is 13.1. The smallest absolute Gasteiger partial charge is 0.251 e. The molecule has 0 spiro atoms. The molecule has 4 aliphatic carbocycles. The van der Waals surface area contributed by atoms with Crippen LogP contribution < -0.4 is 10.6 Å². The van der Waals surface area contributed by atoms with E-state index in [0.717, 1.165) is 42.6 Å². The number of carbonyl (C=O) groups is 2. The zero-order valence-electron chi connectivity index (χ0n) is 19.6. The van der Waals surface area contributed by atoms with Gasteiger partial charge in [-0.1, -0.05) is 12.1 Å². The van der Waals surface area contributed by atoms with Crippen molar-refractivity contribution in [3.05, 3.63) is 35.4 Å². The summed E-state index contributed by atoms with van der Waals surface area (Å²) in [6, 6.07) is 7.13. The van der Waals surface area contributed by atoms with Crippen LogP contribution in [0.2, 0.25) is 0 Å². The van der Waals surface area contributed by atoms with Crippen LogP contribution in [0.3, 0.4) is 0 Å². The third-order valence-electron chi connectivity index (χ3n) is 8.20. The molecular weight excluding hydrogens is 454 g/mol. The van der Waals surface area contributed by atoms with Crippen LogP contribution in [0.5, 0.6) is 0 Å². The average Bonchev–Trinajstić information content (AvgIpc) is 2.82. The van der Waals surface area contributed by atoms with Crippen LogP contribution in [0.25, 0.3) is 0 Å². The molecule has 6 rings (SSSR count). The number of hydrogen-bond acceptors (Lipinski definition) is 5. The maximum absolute atomic E-state index is 13.1. The van der Waals surface area contributed by atoms with Crippen molar-refractivity contribution in [1.29, 1.82) is 0 Å². The third kappa shape index (κ3) is 5.02. The quantitative estimate of drug-likeness (QED) is 0.581. The predicted octanol–water partition coefficient (Wildman–Crippen LogP) is 1.91. The van der Waals surface area contributed by atoms with E-state index in [9.17, 15) is 18.0 Å². The Kier molecular flexibility index (Phi) is 6.70. The van der Waals surface area contributed by atoms with Gasteiger partial charge in [0, 0.05) is 37.2 Å². The summed E-state index contributed by atoms with van der Waals surface area (Å²) in [6.07, 6.45) is 7.08. The molecule has 1 aromatic carbocycles. The SMILES string of the molecule is O=C(NCCS(=O)(=O)N1CCOCC1)c1ccc(CNC(=O)C23CC4CC(CC(C4)C2)C3)cc1. The Balaban J connectivity index is 1.09. The van der Waals surface area contributed by atoms with Gasteiger partial charge in [0.25, 0.3) is 5.91 Å². The topological polar surface area (TPSA) is 105 Å². The molecule has 5 fully saturated rings. The Morgan fingerprint density at radius 3 is 2.12 bits per heavy atom. The molecule has 0 unspecified atom stereocenters. The summed E-state index contributed by atoms with van der Waals surface area (Å²) in [7, 11) is -3.40. The molecule has 4 saturated carbocycles. The van der Waals surface area contributed by atoms with Gasteiger partial charge in [0.15, 0.2) is 0 Å².